The highest BCUT2D eigenvalue weighted by Gasteiger charge is 2.17. The number of para-hydroxylation sites is 1. The van der Waals surface area contributed by atoms with Gasteiger partial charge in [-0.1, -0.05) is 146 Å². The van der Waals surface area contributed by atoms with Gasteiger partial charge in [0.25, 0.3) is 0 Å². The van der Waals surface area contributed by atoms with Gasteiger partial charge in [0.2, 0.25) is 0 Å². The molecule has 0 saturated heterocycles. The van der Waals surface area contributed by atoms with Crippen molar-refractivity contribution in [3.05, 3.63) is 152 Å². The van der Waals surface area contributed by atoms with Crippen LogP contribution in [0.1, 0.15) is 0 Å². The van der Waals surface area contributed by atoms with E-state index in [0.717, 1.165) is 21.9 Å². The Kier molecular flexibility index (Phi) is 6.10. The first-order chi connectivity index (χ1) is 18.3. The molecule has 7 rings (SSSR count). The summed E-state index contributed by atoms with van der Waals surface area (Å²) < 4.78 is 0. The molecule has 0 bridgehead atoms. The predicted octanol–water partition coefficient (Wildman–Crippen LogP) is 9.87. The topological polar surface area (TPSA) is 20.2 Å². The molecule has 176 valence electrons. The lowest BCUT2D eigenvalue weighted by molar-refractivity contribution is 0.477. The van der Waals surface area contributed by atoms with E-state index >= 15 is 0 Å². The monoisotopic (exact) mass is 474 g/mol. The van der Waals surface area contributed by atoms with E-state index in [2.05, 4.69) is 121 Å². The van der Waals surface area contributed by atoms with Crippen molar-refractivity contribution in [3.8, 4) is 28.0 Å². The maximum absolute atomic E-state index is 10.6. The highest BCUT2D eigenvalue weighted by Crippen LogP contribution is 2.45. The summed E-state index contributed by atoms with van der Waals surface area (Å²) in [4.78, 5) is 0. The van der Waals surface area contributed by atoms with Crippen molar-refractivity contribution in [2.24, 2.45) is 0 Å². The summed E-state index contributed by atoms with van der Waals surface area (Å²) in [5, 5.41) is 17.9. The second kappa shape index (κ2) is 10.0. The lowest BCUT2D eigenvalue weighted by atomic mass is 9.86. The van der Waals surface area contributed by atoms with Crippen LogP contribution in [0.2, 0.25) is 0 Å². The molecule has 7 aromatic rings. The van der Waals surface area contributed by atoms with E-state index in [0.29, 0.717) is 5.75 Å². The molecule has 0 heterocycles. The zero-order chi connectivity index (χ0) is 25.0. The largest absolute Gasteiger partial charge is 0.507 e. The molecule has 37 heavy (non-hydrogen) atoms. The summed E-state index contributed by atoms with van der Waals surface area (Å²) in [6.45, 7) is 0. The van der Waals surface area contributed by atoms with Gasteiger partial charge >= 0.3 is 0 Å². The minimum Gasteiger partial charge on any atom is -0.507 e. The van der Waals surface area contributed by atoms with Crippen LogP contribution in [0.3, 0.4) is 0 Å². The molecule has 7 aromatic carbocycles. The first-order valence-corrected chi connectivity index (χ1v) is 12.5. The van der Waals surface area contributed by atoms with E-state index in [1.165, 1.54) is 32.7 Å². The molecule has 0 aliphatic carbocycles. The number of phenols is 1. The Morgan fingerprint density at radius 2 is 0.703 bits per heavy atom. The molecule has 0 aliphatic heterocycles. The van der Waals surface area contributed by atoms with Crippen molar-refractivity contribution in [3.63, 3.8) is 0 Å². The second-order valence-corrected chi connectivity index (χ2v) is 9.07. The molecule has 0 fully saturated rings. The average molecular weight is 475 g/mol. The Morgan fingerprint density at radius 1 is 0.324 bits per heavy atom. The highest BCUT2D eigenvalue weighted by molar-refractivity contribution is 6.21. The number of aromatic hydroxyl groups is 1. The van der Waals surface area contributed by atoms with Gasteiger partial charge in [0.1, 0.15) is 5.75 Å². The zero-order valence-electron chi connectivity index (χ0n) is 20.4. The summed E-state index contributed by atoms with van der Waals surface area (Å²) in [6.07, 6.45) is 0. The van der Waals surface area contributed by atoms with Crippen LogP contribution in [0.15, 0.2) is 152 Å². The van der Waals surface area contributed by atoms with Crippen LogP contribution in [0.4, 0.5) is 0 Å². The fourth-order valence-corrected chi connectivity index (χ4v) is 5.15. The molecule has 0 atom stereocenters. The maximum Gasteiger partial charge on any atom is 0.123 e. The van der Waals surface area contributed by atoms with E-state index in [1.807, 2.05) is 24.3 Å². The van der Waals surface area contributed by atoms with Crippen molar-refractivity contribution in [2.45, 2.75) is 0 Å². The standard InChI is InChI=1S/C26H18O.C10H8/c27-24-17-9-8-16-23(24)26-21-14-6-4-12-19(21)25(18-10-2-1-3-11-18)20-13-5-7-15-22(20)26;1-2-6-10-8-4-3-7-9(10)5-1/h1-17,27H;1-8H. The molecule has 0 amide bonds. The van der Waals surface area contributed by atoms with Crippen LogP contribution in [-0.4, -0.2) is 5.11 Å². The third-order valence-electron chi connectivity index (χ3n) is 6.83. The smallest absolute Gasteiger partial charge is 0.123 e. The van der Waals surface area contributed by atoms with Gasteiger partial charge in [-0.3, -0.25) is 0 Å². The number of hydrogen-bond donors (Lipinski definition) is 1. The molecule has 1 N–H and O–H groups in total. The van der Waals surface area contributed by atoms with Gasteiger partial charge in [-0.25, -0.2) is 0 Å². The van der Waals surface area contributed by atoms with E-state index in [4.69, 9.17) is 0 Å². The number of fused-ring (bicyclic) bond motifs is 3. The quantitative estimate of drug-likeness (QED) is 0.247. The van der Waals surface area contributed by atoms with Crippen molar-refractivity contribution in [1.82, 2.24) is 0 Å². The molecule has 0 saturated carbocycles. The van der Waals surface area contributed by atoms with Crippen molar-refractivity contribution in [1.29, 1.82) is 0 Å². The van der Waals surface area contributed by atoms with E-state index < -0.39 is 0 Å². The number of benzene rings is 7. The van der Waals surface area contributed by atoms with Gasteiger partial charge in [-0.2, -0.15) is 0 Å². The molecule has 0 aromatic heterocycles. The molecular formula is C36H26O. The number of hydrogen-bond acceptors (Lipinski definition) is 1. The Bertz CT molecular complexity index is 1710. The molecule has 0 aliphatic rings. The van der Waals surface area contributed by atoms with Crippen LogP contribution < -0.4 is 0 Å². The predicted molar refractivity (Wildman–Crippen MR) is 158 cm³/mol. The Balaban J connectivity index is 0.000000210. The summed E-state index contributed by atoms with van der Waals surface area (Å²) in [7, 11) is 0. The minimum atomic E-state index is 0.306. The van der Waals surface area contributed by atoms with Crippen LogP contribution >= 0.6 is 0 Å². The number of phenolic OH excluding ortho intramolecular Hbond substituents is 1. The normalized spacial score (nSPS) is 10.8. The molecule has 1 heteroatoms. The molecule has 0 radical (unpaired) electrons. The van der Waals surface area contributed by atoms with Crippen molar-refractivity contribution < 1.29 is 5.11 Å². The highest BCUT2D eigenvalue weighted by atomic mass is 16.3. The first-order valence-electron chi connectivity index (χ1n) is 12.5. The van der Waals surface area contributed by atoms with Gasteiger partial charge in [-0.05, 0) is 49.5 Å². The van der Waals surface area contributed by atoms with E-state index in [-0.39, 0.29) is 0 Å². The minimum absolute atomic E-state index is 0.306. The lowest BCUT2D eigenvalue weighted by Gasteiger charge is -2.18. The first kappa shape index (κ1) is 22.6. The zero-order valence-corrected chi connectivity index (χ0v) is 20.4. The summed E-state index contributed by atoms with van der Waals surface area (Å²) in [6, 6.07) is 51.8. The lowest BCUT2D eigenvalue weighted by Crippen LogP contribution is -1.90. The summed E-state index contributed by atoms with van der Waals surface area (Å²) >= 11 is 0. The molecular weight excluding hydrogens is 448 g/mol. The fourth-order valence-electron chi connectivity index (χ4n) is 5.15. The fraction of sp³-hybridized carbons (Fsp3) is 0. The summed E-state index contributed by atoms with van der Waals surface area (Å²) in [5.41, 5.74) is 4.39. The van der Waals surface area contributed by atoms with Crippen molar-refractivity contribution >= 4 is 32.3 Å². The van der Waals surface area contributed by atoms with Gasteiger partial charge in [0.05, 0.1) is 0 Å². The van der Waals surface area contributed by atoms with E-state index in [1.54, 1.807) is 6.07 Å². The van der Waals surface area contributed by atoms with Gasteiger partial charge in [0.15, 0.2) is 0 Å². The van der Waals surface area contributed by atoms with Crippen LogP contribution in [0.5, 0.6) is 5.75 Å². The second-order valence-electron chi connectivity index (χ2n) is 9.07. The van der Waals surface area contributed by atoms with Gasteiger partial charge in [0, 0.05) is 11.1 Å². The Hall–Kier alpha value is -4.88. The van der Waals surface area contributed by atoms with Crippen LogP contribution in [-0.2, 0) is 0 Å². The van der Waals surface area contributed by atoms with Crippen molar-refractivity contribution in [2.75, 3.05) is 0 Å². The maximum atomic E-state index is 10.6. The third-order valence-corrected chi connectivity index (χ3v) is 6.83. The molecule has 1 nitrogen and oxygen atoms in total. The molecule has 0 spiro atoms. The Labute approximate surface area is 216 Å². The van der Waals surface area contributed by atoms with Gasteiger partial charge in [-0.15, -0.1) is 0 Å². The average Bonchev–Trinajstić information content (AvgIpc) is 2.97. The van der Waals surface area contributed by atoms with E-state index in [9.17, 15) is 5.11 Å². The molecule has 0 unspecified atom stereocenters. The van der Waals surface area contributed by atoms with Crippen LogP contribution in [0.25, 0.3) is 54.6 Å². The third kappa shape index (κ3) is 4.32. The number of rotatable bonds is 2. The summed E-state index contributed by atoms with van der Waals surface area (Å²) in [5.74, 6) is 0.306. The van der Waals surface area contributed by atoms with Crippen LogP contribution in [0, 0.1) is 0 Å². The SMILES string of the molecule is Oc1ccccc1-c1c2ccccc2c(-c2ccccc2)c2ccccc12.c1ccc2ccccc2c1. The Morgan fingerprint density at radius 3 is 1.19 bits per heavy atom. The van der Waals surface area contributed by atoms with Gasteiger partial charge < -0.3 is 5.11 Å².